The summed E-state index contributed by atoms with van der Waals surface area (Å²) < 4.78 is 12.0. The molecule has 0 saturated carbocycles. The van der Waals surface area contributed by atoms with E-state index in [1.807, 2.05) is 13.8 Å². The molecule has 0 atom stereocenters. The van der Waals surface area contributed by atoms with Crippen LogP contribution in [0.1, 0.15) is 13.8 Å². The van der Waals surface area contributed by atoms with E-state index in [2.05, 4.69) is 14.0 Å². The molecule has 0 N–H and O–H groups in total. The third-order valence-corrected chi connectivity index (χ3v) is 0.408. The zero-order valence-corrected chi connectivity index (χ0v) is 10.7. The minimum atomic E-state index is -0.637. The Kier molecular flexibility index (Phi) is 16.1. The summed E-state index contributed by atoms with van der Waals surface area (Å²) >= 11 is -0.637. The van der Waals surface area contributed by atoms with Crippen molar-refractivity contribution in [2.24, 2.45) is 0 Å². The van der Waals surface area contributed by atoms with Gasteiger partial charge in [-0.15, -0.1) is 0 Å². The molecule has 0 heterocycles. The van der Waals surface area contributed by atoms with Crippen molar-refractivity contribution in [3.63, 3.8) is 0 Å². The number of hydrogen-bond donors (Lipinski definition) is 0. The molecule has 0 spiro atoms. The van der Waals surface area contributed by atoms with Gasteiger partial charge in [0.05, 0.1) is 0 Å². The molecule has 1 nitrogen and oxygen atoms in total. The van der Waals surface area contributed by atoms with E-state index in [-0.39, 0.29) is 0 Å². The first kappa shape index (κ1) is 12.5. The summed E-state index contributed by atoms with van der Waals surface area (Å²) in [6, 6.07) is 0. The van der Waals surface area contributed by atoms with E-state index in [1.165, 1.54) is 0 Å². The van der Waals surface area contributed by atoms with Gasteiger partial charge in [0, 0.05) is 13.2 Å². The standard InChI is InChI=1S/C4H10O.3CH3.In/c1-3-5-4-2;;;;/h3-4H2,1-2H3;3*1H3;. The number of rotatable bonds is 2. The van der Waals surface area contributed by atoms with E-state index in [0.717, 1.165) is 13.2 Å². The van der Waals surface area contributed by atoms with Crippen LogP contribution < -0.4 is 0 Å². The first-order valence-corrected chi connectivity index (χ1v) is 13.6. The van der Waals surface area contributed by atoms with Gasteiger partial charge in [-0.3, -0.25) is 0 Å². The molecule has 56 valence electrons. The fourth-order valence-corrected chi connectivity index (χ4v) is 0.204. The number of hydrogen-bond acceptors (Lipinski definition) is 1. The molecule has 0 aromatic heterocycles. The summed E-state index contributed by atoms with van der Waals surface area (Å²) in [6.45, 7) is 5.67. The summed E-state index contributed by atoms with van der Waals surface area (Å²) in [5.41, 5.74) is 0. The Morgan fingerprint density at radius 3 is 1.22 bits per heavy atom. The molecule has 0 aliphatic rings. The molecule has 0 aliphatic heterocycles. The van der Waals surface area contributed by atoms with Crippen LogP contribution in [0.4, 0.5) is 0 Å². The van der Waals surface area contributed by atoms with Crippen LogP contribution in [0.15, 0.2) is 0 Å². The van der Waals surface area contributed by atoms with E-state index in [1.54, 1.807) is 0 Å². The van der Waals surface area contributed by atoms with Crippen molar-refractivity contribution in [3.8, 4) is 0 Å². The zero-order chi connectivity index (χ0) is 7.70. The van der Waals surface area contributed by atoms with Gasteiger partial charge in [-0.25, -0.2) is 0 Å². The normalized spacial score (nSPS) is 7.67. The van der Waals surface area contributed by atoms with E-state index >= 15 is 0 Å². The summed E-state index contributed by atoms with van der Waals surface area (Å²) in [6.07, 6.45) is 0. The summed E-state index contributed by atoms with van der Waals surface area (Å²) in [7, 11) is 0. The molecule has 0 rings (SSSR count). The second-order valence-electron chi connectivity index (χ2n) is 2.51. The molecule has 9 heavy (non-hydrogen) atoms. The average molecular weight is 234 g/mol. The Hall–Kier alpha value is 0.830. The van der Waals surface area contributed by atoms with Crippen LogP contribution >= 0.6 is 0 Å². The molecule has 0 fully saturated rings. The SMILES string of the molecule is CCOCC.[CH3][In]([CH3])[CH3]. The van der Waals surface area contributed by atoms with Crippen molar-refractivity contribution in [1.29, 1.82) is 0 Å². The predicted molar refractivity (Wildman–Crippen MR) is 45.5 cm³/mol. The van der Waals surface area contributed by atoms with Crippen LogP contribution in [-0.2, 0) is 4.74 Å². The van der Waals surface area contributed by atoms with Crippen molar-refractivity contribution in [2.75, 3.05) is 13.2 Å². The topological polar surface area (TPSA) is 9.23 Å². The van der Waals surface area contributed by atoms with Crippen LogP contribution in [0.3, 0.4) is 0 Å². The maximum absolute atomic E-state index is 4.83. The quantitative estimate of drug-likeness (QED) is 0.712. The van der Waals surface area contributed by atoms with Crippen LogP contribution in [0.2, 0.25) is 14.0 Å². The maximum atomic E-state index is 4.83. The Labute approximate surface area is 67.3 Å². The zero-order valence-electron chi connectivity index (χ0n) is 7.40. The van der Waals surface area contributed by atoms with Crippen molar-refractivity contribution >= 4 is 21.4 Å². The fourth-order valence-electron chi connectivity index (χ4n) is 0.204. The van der Waals surface area contributed by atoms with Crippen LogP contribution in [-0.4, -0.2) is 34.7 Å². The van der Waals surface area contributed by atoms with Crippen molar-refractivity contribution < 1.29 is 4.74 Å². The second-order valence-corrected chi connectivity index (χ2v) is 12.4. The Morgan fingerprint density at radius 2 is 1.22 bits per heavy atom. The first-order chi connectivity index (χ1) is 4.15. The van der Waals surface area contributed by atoms with Gasteiger partial charge in [-0.05, 0) is 13.8 Å². The Balaban J connectivity index is 0. The molecule has 0 amide bonds. The third-order valence-electron chi connectivity index (χ3n) is 0.408. The minimum absolute atomic E-state index is 0.637. The third kappa shape index (κ3) is 51.4. The number of ether oxygens (including phenoxy) is 1. The van der Waals surface area contributed by atoms with Crippen molar-refractivity contribution in [3.05, 3.63) is 0 Å². The van der Waals surface area contributed by atoms with Crippen molar-refractivity contribution in [2.45, 2.75) is 27.9 Å². The van der Waals surface area contributed by atoms with Crippen LogP contribution in [0.5, 0.6) is 0 Å². The first-order valence-electron chi connectivity index (χ1n) is 3.72. The van der Waals surface area contributed by atoms with E-state index in [0.29, 0.717) is 0 Å². The molecular weight excluding hydrogens is 215 g/mol. The molecule has 0 saturated heterocycles. The van der Waals surface area contributed by atoms with Crippen molar-refractivity contribution in [1.82, 2.24) is 0 Å². The molecule has 0 aromatic carbocycles. The molecule has 0 aromatic rings. The van der Waals surface area contributed by atoms with Crippen LogP contribution in [0.25, 0.3) is 0 Å². The molecule has 0 unspecified atom stereocenters. The average Bonchev–Trinajstić information content (AvgIpc) is 1.66. The van der Waals surface area contributed by atoms with Gasteiger partial charge in [0.1, 0.15) is 0 Å². The van der Waals surface area contributed by atoms with Gasteiger partial charge in [0.15, 0.2) is 0 Å². The van der Waals surface area contributed by atoms with Crippen LogP contribution in [0, 0.1) is 0 Å². The summed E-state index contributed by atoms with van der Waals surface area (Å²) in [5, 5.41) is 0. The summed E-state index contributed by atoms with van der Waals surface area (Å²) in [4.78, 5) is 0. The van der Waals surface area contributed by atoms with Gasteiger partial charge in [0.2, 0.25) is 0 Å². The van der Waals surface area contributed by atoms with Gasteiger partial charge in [-0.2, -0.15) is 0 Å². The van der Waals surface area contributed by atoms with Gasteiger partial charge in [-0.1, -0.05) is 0 Å². The monoisotopic (exact) mass is 234 g/mol. The molecule has 0 bridgehead atoms. The fraction of sp³-hybridized carbons (Fsp3) is 1.00. The second kappa shape index (κ2) is 11.6. The van der Waals surface area contributed by atoms with E-state index in [9.17, 15) is 0 Å². The van der Waals surface area contributed by atoms with E-state index in [4.69, 9.17) is 4.74 Å². The Bertz CT molecular complexity index is 33.1. The Morgan fingerprint density at radius 1 is 1.00 bits per heavy atom. The molecular formula is C7H19InO. The van der Waals surface area contributed by atoms with E-state index < -0.39 is 21.4 Å². The van der Waals surface area contributed by atoms with Gasteiger partial charge < -0.3 is 4.74 Å². The molecule has 2 heteroatoms. The predicted octanol–water partition coefficient (Wildman–Crippen LogP) is 2.41. The summed E-state index contributed by atoms with van der Waals surface area (Å²) in [5.74, 6) is 0. The van der Waals surface area contributed by atoms with Gasteiger partial charge in [0.25, 0.3) is 0 Å². The molecule has 0 aliphatic carbocycles. The molecule has 0 radical (unpaired) electrons. The van der Waals surface area contributed by atoms with Gasteiger partial charge >= 0.3 is 35.5 Å².